The maximum atomic E-state index is 12.9. The van der Waals surface area contributed by atoms with Crippen molar-refractivity contribution in [1.82, 2.24) is 0 Å². The zero-order chi connectivity index (χ0) is 14.8. The highest BCUT2D eigenvalue weighted by Gasteiger charge is 2.21. The summed E-state index contributed by atoms with van der Waals surface area (Å²) in [6.07, 6.45) is 3.42. The molecule has 0 saturated carbocycles. The average Bonchev–Trinajstić information content (AvgIpc) is 2.83. The molecule has 1 aliphatic rings. The summed E-state index contributed by atoms with van der Waals surface area (Å²) in [6.45, 7) is 0. The molecule has 0 unspecified atom stereocenters. The Morgan fingerprint density at radius 1 is 1.00 bits per heavy atom. The maximum Gasteiger partial charge on any atom is 0.343 e. The number of rotatable bonds is 2. The molecule has 0 spiro atoms. The third-order valence-electron chi connectivity index (χ3n) is 3.05. The van der Waals surface area contributed by atoms with Gasteiger partial charge in [0.1, 0.15) is 11.6 Å². The van der Waals surface area contributed by atoms with Gasteiger partial charge in [-0.3, -0.25) is 0 Å². The zero-order valence-electron chi connectivity index (χ0n) is 10.8. The van der Waals surface area contributed by atoms with E-state index in [4.69, 9.17) is 4.74 Å². The van der Waals surface area contributed by atoms with Crippen molar-refractivity contribution in [2.45, 2.75) is 0 Å². The summed E-state index contributed by atoms with van der Waals surface area (Å²) in [5.41, 5.74) is 2.04. The first-order valence-electron chi connectivity index (χ1n) is 6.29. The van der Waals surface area contributed by atoms with E-state index in [0.717, 1.165) is 10.0 Å². The highest BCUT2D eigenvalue weighted by atomic mass is 79.9. The average molecular weight is 345 g/mol. The van der Waals surface area contributed by atoms with Crippen molar-refractivity contribution in [3.63, 3.8) is 0 Å². The van der Waals surface area contributed by atoms with Crippen LogP contribution < -0.4 is 0 Å². The first-order valence-corrected chi connectivity index (χ1v) is 7.08. The number of halogens is 2. The van der Waals surface area contributed by atoms with Crippen molar-refractivity contribution in [2.24, 2.45) is 0 Å². The van der Waals surface area contributed by atoms with Crippen LogP contribution in [0.3, 0.4) is 0 Å². The van der Waals surface area contributed by atoms with Crippen LogP contribution in [0.2, 0.25) is 0 Å². The van der Waals surface area contributed by atoms with Crippen LogP contribution in [0.25, 0.3) is 11.8 Å². The van der Waals surface area contributed by atoms with Crippen molar-refractivity contribution >= 4 is 33.7 Å². The lowest BCUT2D eigenvalue weighted by Gasteiger charge is -2.00. The molecule has 0 radical (unpaired) electrons. The Balaban J connectivity index is 1.91. The lowest BCUT2D eigenvalue weighted by molar-refractivity contribution is -0.130. The Bertz CT molecular complexity index is 743. The topological polar surface area (TPSA) is 26.3 Å². The van der Waals surface area contributed by atoms with Crippen LogP contribution in [-0.2, 0) is 9.53 Å². The maximum absolute atomic E-state index is 12.9. The van der Waals surface area contributed by atoms with Crippen LogP contribution in [0.5, 0.6) is 0 Å². The summed E-state index contributed by atoms with van der Waals surface area (Å²) in [5, 5.41) is 0. The molecule has 0 atom stereocenters. The molecule has 0 bridgehead atoms. The van der Waals surface area contributed by atoms with Crippen LogP contribution in [0, 0.1) is 5.82 Å². The van der Waals surface area contributed by atoms with Crippen molar-refractivity contribution in [3.05, 3.63) is 81.6 Å². The van der Waals surface area contributed by atoms with Gasteiger partial charge in [0.05, 0.1) is 5.57 Å². The fourth-order valence-corrected chi connectivity index (χ4v) is 2.25. The molecule has 104 valence electrons. The summed E-state index contributed by atoms with van der Waals surface area (Å²) in [5.74, 6) is -0.296. The number of esters is 1. The van der Waals surface area contributed by atoms with Gasteiger partial charge in [-0.15, -0.1) is 0 Å². The van der Waals surface area contributed by atoms with Crippen LogP contribution in [0.15, 0.2) is 64.7 Å². The Labute approximate surface area is 129 Å². The number of hydrogen-bond acceptors (Lipinski definition) is 2. The van der Waals surface area contributed by atoms with Gasteiger partial charge in [0, 0.05) is 10.0 Å². The number of benzene rings is 2. The lowest BCUT2D eigenvalue weighted by atomic mass is 10.1. The largest absolute Gasteiger partial charge is 0.422 e. The molecular formula is C17H10BrFO2. The summed E-state index contributed by atoms with van der Waals surface area (Å²) >= 11 is 3.36. The molecule has 1 heterocycles. The predicted octanol–water partition coefficient (Wildman–Crippen LogP) is 4.57. The van der Waals surface area contributed by atoms with Gasteiger partial charge in [-0.05, 0) is 54.1 Å². The van der Waals surface area contributed by atoms with E-state index in [1.54, 1.807) is 24.3 Å². The van der Waals surface area contributed by atoms with Crippen molar-refractivity contribution in [2.75, 3.05) is 0 Å². The molecule has 4 heteroatoms. The number of carbonyl (C=O) groups excluding carboxylic acids is 1. The summed E-state index contributed by atoms with van der Waals surface area (Å²) < 4.78 is 19.1. The molecule has 0 amide bonds. The number of hydrogen-bond donors (Lipinski definition) is 0. The smallest absolute Gasteiger partial charge is 0.343 e. The second-order valence-corrected chi connectivity index (χ2v) is 5.47. The molecule has 0 saturated heterocycles. The van der Waals surface area contributed by atoms with Gasteiger partial charge in [0.15, 0.2) is 0 Å². The van der Waals surface area contributed by atoms with Crippen LogP contribution in [-0.4, -0.2) is 5.97 Å². The molecule has 0 aromatic heterocycles. The summed E-state index contributed by atoms with van der Waals surface area (Å²) in [4.78, 5) is 11.9. The van der Waals surface area contributed by atoms with E-state index < -0.39 is 5.97 Å². The standard InChI is InChI=1S/C17H10BrFO2/c18-14-5-1-11(2-6-14)9-13-10-16(21-17(13)20)12-3-7-15(19)8-4-12/h1-10H. The Hall–Kier alpha value is -2.20. The van der Waals surface area contributed by atoms with E-state index in [9.17, 15) is 9.18 Å². The minimum atomic E-state index is -0.405. The van der Waals surface area contributed by atoms with Gasteiger partial charge in [0.2, 0.25) is 0 Å². The molecule has 2 aromatic rings. The van der Waals surface area contributed by atoms with Gasteiger partial charge in [-0.25, -0.2) is 9.18 Å². The Morgan fingerprint density at radius 2 is 1.67 bits per heavy atom. The zero-order valence-corrected chi connectivity index (χ0v) is 12.4. The van der Waals surface area contributed by atoms with Crippen LogP contribution >= 0.6 is 15.9 Å². The normalized spacial score (nSPS) is 16.0. The molecule has 2 aromatic carbocycles. The molecule has 2 nitrogen and oxygen atoms in total. The summed E-state index contributed by atoms with van der Waals surface area (Å²) in [6, 6.07) is 13.4. The molecule has 0 aliphatic carbocycles. The highest BCUT2D eigenvalue weighted by Crippen LogP contribution is 2.27. The molecule has 0 N–H and O–H groups in total. The second-order valence-electron chi connectivity index (χ2n) is 4.56. The van der Waals surface area contributed by atoms with E-state index in [1.807, 2.05) is 24.3 Å². The molecule has 0 fully saturated rings. The minimum absolute atomic E-state index is 0.325. The Morgan fingerprint density at radius 3 is 2.33 bits per heavy atom. The Kier molecular flexibility index (Phi) is 3.71. The molecule has 3 rings (SSSR count). The van der Waals surface area contributed by atoms with Crippen LogP contribution in [0.1, 0.15) is 11.1 Å². The van der Waals surface area contributed by atoms with E-state index in [1.165, 1.54) is 12.1 Å². The first-order chi connectivity index (χ1) is 10.1. The van der Waals surface area contributed by atoms with E-state index in [-0.39, 0.29) is 5.82 Å². The molecule has 21 heavy (non-hydrogen) atoms. The summed E-state index contributed by atoms with van der Waals surface area (Å²) in [7, 11) is 0. The van der Waals surface area contributed by atoms with Gasteiger partial charge >= 0.3 is 5.97 Å². The quantitative estimate of drug-likeness (QED) is 0.589. The van der Waals surface area contributed by atoms with Crippen molar-refractivity contribution in [1.29, 1.82) is 0 Å². The van der Waals surface area contributed by atoms with Crippen molar-refractivity contribution in [3.8, 4) is 0 Å². The SMILES string of the molecule is O=C1OC(c2ccc(F)cc2)=CC1=Cc1ccc(Br)cc1. The minimum Gasteiger partial charge on any atom is -0.422 e. The fourth-order valence-electron chi connectivity index (χ4n) is 1.98. The number of cyclic esters (lactones) is 1. The number of carbonyl (C=O) groups is 1. The monoisotopic (exact) mass is 344 g/mol. The van der Waals surface area contributed by atoms with Gasteiger partial charge in [-0.2, -0.15) is 0 Å². The third kappa shape index (κ3) is 3.11. The van der Waals surface area contributed by atoms with Gasteiger partial charge in [0.25, 0.3) is 0 Å². The second kappa shape index (κ2) is 5.66. The number of ether oxygens (including phenoxy) is 1. The van der Waals surface area contributed by atoms with E-state index in [0.29, 0.717) is 16.9 Å². The van der Waals surface area contributed by atoms with Gasteiger partial charge in [-0.1, -0.05) is 28.1 Å². The molecule has 1 aliphatic heterocycles. The molecular weight excluding hydrogens is 335 g/mol. The fraction of sp³-hybridized carbons (Fsp3) is 0. The van der Waals surface area contributed by atoms with E-state index in [2.05, 4.69) is 15.9 Å². The van der Waals surface area contributed by atoms with E-state index >= 15 is 0 Å². The highest BCUT2D eigenvalue weighted by molar-refractivity contribution is 9.10. The van der Waals surface area contributed by atoms with Crippen LogP contribution in [0.4, 0.5) is 4.39 Å². The lowest BCUT2D eigenvalue weighted by Crippen LogP contribution is -1.97. The third-order valence-corrected chi connectivity index (χ3v) is 3.57. The first kappa shape index (κ1) is 13.8. The predicted molar refractivity (Wildman–Crippen MR) is 82.6 cm³/mol. The van der Waals surface area contributed by atoms with Crippen molar-refractivity contribution < 1.29 is 13.9 Å². The van der Waals surface area contributed by atoms with Gasteiger partial charge < -0.3 is 4.74 Å².